The summed E-state index contributed by atoms with van der Waals surface area (Å²) < 4.78 is 187. The fourth-order valence-electron chi connectivity index (χ4n) is 4.61. The van der Waals surface area contributed by atoms with Gasteiger partial charge in [0.2, 0.25) is 0 Å². The molecule has 0 amide bonds. The summed E-state index contributed by atoms with van der Waals surface area (Å²) in [5.41, 5.74) is -0.390. The van der Waals surface area contributed by atoms with Gasteiger partial charge in [0, 0.05) is 0 Å². The Bertz CT molecular complexity index is 1410. The van der Waals surface area contributed by atoms with Gasteiger partial charge in [-0.1, -0.05) is 64.7 Å². The van der Waals surface area contributed by atoms with Crippen molar-refractivity contribution < 1.29 is 80.9 Å². The van der Waals surface area contributed by atoms with Gasteiger partial charge in [0.15, 0.2) is 0 Å². The Morgan fingerprint density at radius 2 is 0.923 bits per heavy atom. The van der Waals surface area contributed by atoms with Crippen LogP contribution in [0, 0.1) is 0 Å². The van der Waals surface area contributed by atoms with Crippen LogP contribution in [0.4, 0.5) is 57.1 Å². The van der Waals surface area contributed by atoms with Gasteiger partial charge in [0.25, 0.3) is 0 Å². The SMILES string of the molecule is CCCCCCCCCCCCOc1ccc(C(=O)Oc2ccc(C(=O)OCCC(F)(F)C(F)(F)C(F)(F)C(F)(F)C(F)(F)C(F)(F)F)cc2)cc1. The van der Waals surface area contributed by atoms with Crippen molar-refractivity contribution in [1.82, 2.24) is 0 Å². The number of halogens is 13. The Kier molecular flexibility index (Phi) is 15.7. The lowest BCUT2D eigenvalue weighted by Crippen LogP contribution is -2.70. The van der Waals surface area contributed by atoms with E-state index in [0.29, 0.717) is 12.4 Å². The van der Waals surface area contributed by atoms with Gasteiger partial charge in [-0.2, -0.15) is 57.1 Å². The molecule has 0 aliphatic carbocycles. The maximum atomic E-state index is 13.9. The van der Waals surface area contributed by atoms with Crippen LogP contribution in [0.3, 0.4) is 0 Å². The maximum absolute atomic E-state index is 13.9. The summed E-state index contributed by atoms with van der Waals surface area (Å²) in [6.45, 7) is 0.776. The number of rotatable bonds is 22. The molecule has 0 atom stereocenters. The number of carbonyl (C=O) groups excluding carboxylic acids is 2. The van der Waals surface area contributed by atoms with Crippen LogP contribution >= 0.6 is 0 Å². The molecular weight excluding hydrogens is 735 g/mol. The quantitative estimate of drug-likeness (QED) is 0.0516. The van der Waals surface area contributed by atoms with Crippen LogP contribution in [0.5, 0.6) is 11.5 Å². The number of benzene rings is 2. The first kappa shape index (κ1) is 44.4. The molecule has 2 rings (SSSR count). The molecule has 0 aliphatic rings. The lowest BCUT2D eigenvalue weighted by atomic mass is 9.93. The standard InChI is InChI=1S/C34H37F13O5/c1-2-3-4-5-6-7-8-9-10-11-21-50-25-16-12-24(13-17-25)28(49)52-26-18-14-23(15-19-26)27(48)51-22-20-29(35,36)30(37,38)31(39,40)32(41,42)33(43,44)34(45,46)47/h12-19H,2-11,20-22H2,1H3. The Morgan fingerprint density at radius 1 is 0.500 bits per heavy atom. The van der Waals surface area contributed by atoms with Crippen molar-refractivity contribution >= 4 is 11.9 Å². The van der Waals surface area contributed by atoms with E-state index in [0.717, 1.165) is 43.5 Å². The van der Waals surface area contributed by atoms with Crippen LogP contribution in [-0.4, -0.2) is 60.9 Å². The lowest BCUT2D eigenvalue weighted by Gasteiger charge is -2.39. The predicted octanol–water partition coefficient (Wildman–Crippen LogP) is 11.5. The molecule has 0 unspecified atom stereocenters. The van der Waals surface area contributed by atoms with E-state index in [-0.39, 0.29) is 11.3 Å². The Morgan fingerprint density at radius 3 is 1.40 bits per heavy atom. The summed E-state index contributed by atoms with van der Waals surface area (Å²) >= 11 is 0. The zero-order chi connectivity index (χ0) is 39.4. The minimum absolute atomic E-state index is 0.109. The predicted molar refractivity (Wildman–Crippen MR) is 161 cm³/mol. The Balaban J connectivity index is 1.84. The zero-order valence-electron chi connectivity index (χ0n) is 27.8. The molecule has 2 aromatic carbocycles. The van der Waals surface area contributed by atoms with E-state index in [2.05, 4.69) is 11.7 Å². The Labute approximate surface area is 290 Å². The van der Waals surface area contributed by atoms with Crippen molar-refractivity contribution in [3.05, 3.63) is 59.7 Å². The number of hydrogen-bond donors (Lipinski definition) is 0. The van der Waals surface area contributed by atoms with Gasteiger partial charge >= 0.3 is 47.7 Å². The molecular formula is C34H37F13O5. The third-order valence-corrected chi connectivity index (χ3v) is 7.80. The summed E-state index contributed by atoms with van der Waals surface area (Å²) in [4.78, 5) is 24.6. The number of esters is 2. The highest BCUT2D eigenvalue weighted by molar-refractivity contribution is 5.92. The van der Waals surface area contributed by atoms with Crippen molar-refractivity contribution in [2.45, 2.75) is 113 Å². The van der Waals surface area contributed by atoms with Crippen molar-refractivity contribution in [3.8, 4) is 11.5 Å². The third-order valence-electron chi connectivity index (χ3n) is 7.80. The van der Waals surface area contributed by atoms with Gasteiger partial charge in [-0.3, -0.25) is 0 Å². The maximum Gasteiger partial charge on any atom is 0.460 e. The number of ether oxygens (including phenoxy) is 3. The van der Waals surface area contributed by atoms with Crippen molar-refractivity contribution in [3.63, 3.8) is 0 Å². The van der Waals surface area contributed by atoms with E-state index < -0.39 is 66.3 Å². The van der Waals surface area contributed by atoms with Crippen molar-refractivity contribution in [1.29, 1.82) is 0 Å². The molecule has 2 aromatic rings. The van der Waals surface area contributed by atoms with Gasteiger partial charge in [-0.15, -0.1) is 0 Å². The first-order valence-electron chi connectivity index (χ1n) is 16.2. The largest absolute Gasteiger partial charge is 0.494 e. The third kappa shape index (κ3) is 10.9. The molecule has 0 fully saturated rings. The summed E-state index contributed by atoms with van der Waals surface area (Å²) in [6.07, 6.45) is 1.49. The minimum Gasteiger partial charge on any atom is -0.494 e. The molecule has 0 saturated heterocycles. The second kappa shape index (κ2) is 18.3. The smallest absolute Gasteiger partial charge is 0.460 e. The van der Waals surface area contributed by atoms with Crippen molar-refractivity contribution in [2.75, 3.05) is 13.2 Å². The minimum atomic E-state index is -8.02. The monoisotopic (exact) mass is 772 g/mol. The van der Waals surface area contributed by atoms with E-state index in [4.69, 9.17) is 9.47 Å². The first-order valence-corrected chi connectivity index (χ1v) is 16.2. The molecule has 0 saturated carbocycles. The molecule has 52 heavy (non-hydrogen) atoms. The lowest BCUT2D eigenvalue weighted by molar-refractivity contribution is -0.440. The van der Waals surface area contributed by atoms with Gasteiger partial charge in [-0.25, -0.2) is 9.59 Å². The Hall–Kier alpha value is -3.73. The first-order chi connectivity index (χ1) is 24.0. The van der Waals surface area contributed by atoms with Crippen molar-refractivity contribution in [2.24, 2.45) is 0 Å². The highest BCUT2D eigenvalue weighted by Crippen LogP contribution is 2.60. The molecule has 0 spiro atoms. The van der Waals surface area contributed by atoms with Gasteiger partial charge in [-0.05, 0) is 55.0 Å². The van der Waals surface area contributed by atoms with E-state index >= 15 is 0 Å². The average molecular weight is 773 g/mol. The van der Waals surface area contributed by atoms with Crippen LogP contribution in [0.15, 0.2) is 48.5 Å². The molecule has 0 radical (unpaired) electrons. The fourth-order valence-corrected chi connectivity index (χ4v) is 4.61. The molecule has 0 heterocycles. The topological polar surface area (TPSA) is 61.8 Å². The number of hydrogen-bond acceptors (Lipinski definition) is 5. The molecule has 0 aliphatic heterocycles. The highest BCUT2D eigenvalue weighted by atomic mass is 19.4. The van der Waals surface area contributed by atoms with Crippen LogP contribution in [0.1, 0.15) is 98.3 Å². The van der Waals surface area contributed by atoms with Crippen LogP contribution in [0.25, 0.3) is 0 Å². The summed E-state index contributed by atoms with van der Waals surface area (Å²) in [6, 6.07) is 9.80. The number of alkyl halides is 13. The molecule has 0 bridgehead atoms. The van der Waals surface area contributed by atoms with E-state index in [1.807, 2.05) is 0 Å². The summed E-state index contributed by atoms with van der Waals surface area (Å²) in [5, 5.41) is 0. The summed E-state index contributed by atoms with van der Waals surface area (Å²) in [7, 11) is 0. The highest BCUT2D eigenvalue weighted by Gasteiger charge is 2.90. The molecule has 18 heteroatoms. The molecule has 0 aromatic heterocycles. The van der Waals surface area contributed by atoms with Crippen LogP contribution in [0.2, 0.25) is 0 Å². The second-order valence-electron chi connectivity index (χ2n) is 11.9. The average Bonchev–Trinajstić information content (AvgIpc) is 3.06. The zero-order valence-corrected chi connectivity index (χ0v) is 27.8. The van der Waals surface area contributed by atoms with Gasteiger partial charge < -0.3 is 14.2 Å². The van der Waals surface area contributed by atoms with Crippen LogP contribution < -0.4 is 9.47 Å². The van der Waals surface area contributed by atoms with E-state index in [1.165, 1.54) is 57.1 Å². The second-order valence-corrected chi connectivity index (χ2v) is 11.9. The number of unbranched alkanes of at least 4 members (excludes halogenated alkanes) is 9. The normalized spacial score (nSPS) is 13.2. The van der Waals surface area contributed by atoms with Gasteiger partial charge in [0.1, 0.15) is 11.5 Å². The van der Waals surface area contributed by atoms with E-state index in [1.54, 1.807) is 12.1 Å². The summed E-state index contributed by atoms with van der Waals surface area (Å²) in [5.74, 6) is -39.7. The molecule has 0 N–H and O–H groups in total. The van der Waals surface area contributed by atoms with Crippen LogP contribution in [-0.2, 0) is 4.74 Å². The molecule has 5 nitrogen and oxygen atoms in total. The number of carbonyl (C=O) groups is 2. The fraction of sp³-hybridized carbons (Fsp3) is 0.588. The molecule has 294 valence electrons. The van der Waals surface area contributed by atoms with Gasteiger partial charge in [0.05, 0.1) is 30.8 Å². The van der Waals surface area contributed by atoms with E-state index in [9.17, 15) is 66.7 Å².